The number of hydrogen-bond acceptors (Lipinski definition) is 6. The second-order valence-electron chi connectivity index (χ2n) is 6.28. The minimum atomic E-state index is -0.325. The molecule has 0 spiro atoms. The lowest BCUT2D eigenvalue weighted by molar-refractivity contribution is 0.0958. The predicted octanol–water partition coefficient (Wildman–Crippen LogP) is 1.36. The summed E-state index contributed by atoms with van der Waals surface area (Å²) in [5, 5.41) is 27.9. The van der Waals surface area contributed by atoms with Gasteiger partial charge in [-0.05, 0) is 32.3 Å². The van der Waals surface area contributed by atoms with Crippen LogP contribution in [0.5, 0.6) is 0 Å². The zero-order valence-electron chi connectivity index (χ0n) is 14.6. The number of aromatic nitrogens is 2. The Bertz CT molecular complexity index is 581. The first-order valence-electron chi connectivity index (χ1n) is 8.47. The summed E-state index contributed by atoms with van der Waals surface area (Å²) in [6.07, 6.45) is 1.27. The average molecular weight is 317 g/mol. The molecule has 1 aromatic heterocycles. The molecule has 2 heterocycles. The average Bonchev–Trinajstić information content (AvgIpc) is 2.54. The highest BCUT2D eigenvalue weighted by atomic mass is 16.3. The van der Waals surface area contributed by atoms with Gasteiger partial charge in [-0.25, -0.2) is 0 Å². The second-order valence-corrected chi connectivity index (χ2v) is 6.28. The Morgan fingerprint density at radius 3 is 2.57 bits per heavy atom. The van der Waals surface area contributed by atoms with Gasteiger partial charge in [-0.3, -0.25) is 4.90 Å². The van der Waals surface area contributed by atoms with E-state index in [2.05, 4.69) is 39.9 Å². The van der Waals surface area contributed by atoms with Crippen LogP contribution in [0.25, 0.3) is 0 Å². The molecule has 0 aliphatic carbocycles. The molecule has 1 aliphatic heterocycles. The number of aryl methyl sites for hydroxylation is 1. The highest BCUT2D eigenvalue weighted by Crippen LogP contribution is 2.25. The molecule has 2 unspecified atom stereocenters. The molecule has 0 saturated carbocycles. The molecule has 2 atom stereocenters. The molecule has 1 saturated heterocycles. The molecule has 1 aliphatic rings. The van der Waals surface area contributed by atoms with Crippen LogP contribution in [0.3, 0.4) is 0 Å². The molecule has 6 nitrogen and oxygen atoms in total. The van der Waals surface area contributed by atoms with E-state index in [1.54, 1.807) is 0 Å². The number of aliphatic hydroxyl groups excluding tert-OH is 1. The Kier molecular flexibility index (Phi) is 5.91. The van der Waals surface area contributed by atoms with Gasteiger partial charge in [0, 0.05) is 32.2 Å². The topological polar surface area (TPSA) is 76.3 Å². The van der Waals surface area contributed by atoms with Crippen LogP contribution in [0, 0.1) is 11.3 Å². The van der Waals surface area contributed by atoms with Crippen molar-refractivity contribution < 1.29 is 5.11 Å². The van der Waals surface area contributed by atoms with E-state index in [0.29, 0.717) is 24.0 Å². The van der Waals surface area contributed by atoms with Crippen LogP contribution in [0.1, 0.15) is 44.5 Å². The van der Waals surface area contributed by atoms with Crippen LogP contribution in [0.2, 0.25) is 0 Å². The number of β-amino-alcohol motifs (C(OH)–C–C–N with tert-alkyl or cyclic N) is 1. The Balaban J connectivity index is 2.25. The van der Waals surface area contributed by atoms with Crippen molar-refractivity contribution in [3.8, 4) is 6.07 Å². The van der Waals surface area contributed by atoms with E-state index in [1.807, 2.05) is 13.8 Å². The zero-order chi connectivity index (χ0) is 17.0. The number of nitriles is 1. The summed E-state index contributed by atoms with van der Waals surface area (Å²) in [5.41, 5.74) is 2.63. The monoisotopic (exact) mass is 317 g/mol. The molecule has 126 valence electrons. The van der Waals surface area contributed by atoms with Crippen LogP contribution < -0.4 is 4.90 Å². The van der Waals surface area contributed by atoms with E-state index in [4.69, 9.17) is 0 Å². The minimum Gasteiger partial charge on any atom is -0.392 e. The smallest absolute Gasteiger partial charge is 0.169 e. The molecule has 23 heavy (non-hydrogen) atoms. The Morgan fingerprint density at radius 2 is 2.04 bits per heavy atom. The summed E-state index contributed by atoms with van der Waals surface area (Å²) >= 11 is 0. The molecule has 1 fully saturated rings. The maximum absolute atomic E-state index is 9.63. The molecular weight excluding hydrogens is 290 g/mol. The van der Waals surface area contributed by atoms with Crippen LogP contribution in [-0.2, 0) is 12.8 Å². The van der Waals surface area contributed by atoms with Crippen LogP contribution in [0.15, 0.2) is 0 Å². The first-order chi connectivity index (χ1) is 11.0. The first-order valence-corrected chi connectivity index (χ1v) is 8.47. The standard InChI is InChI=1S/C17H27N5O/c1-5-14-15(9-18)17(20-19-16(14)6-2)22-8-7-21(11-13(4)23)12(3)10-22/h12-13,23H,5-8,10-11H2,1-4H3. The minimum absolute atomic E-state index is 0.308. The summed E-state index contributed by atoms with van der Waals surface area (Å²) in [7, 11) is 0. The summed E-state index contributed by atoms with van der Waals surface area (Å²) in [6.45, 7) is 11.2. The molecule has 6 heteroatoms. The van der Waals surface area contributed by atoms with Crippen molar-refractivity contribution in [3.63, 3.8) is 0 Å². The van der Waals surface area contributed by atoms with E-state index >= 15 is 0 Å². The van der Waals surface area contributed by atoms with Gasteiger partial charge in [0.1, 0.15) is 11.6 Å². The second kappa shape index (κ2) is 7.71. The molecule has 1 N–H and O–H groups in total. The van der Waals surface area contributed by atoms with Gasteiger partial charge in [0.25, 0.3) is 0 Å². The fraction of sp³-hybridized carbons (Fsp3) is 0.706. The van der Waals surface area contributed by atoms with Gasteiger partial charge < -0.3 is 10.0 Å². The molecule has 0 amide bonds. The molecule has 0 radical (unpaired) electrons. The van der Waals surface area contributed by atoms with Gasteiger partial charge in [0.15, 0.2) is 5.82 Å². The number of anilines is 1. The van der Waals surface area contributed by atoms with Crippen molar-refractivity contribution >= 4 is 5.82 Å². The number of hydrogen-bond donors (Lipinski definition) is 1. The van der Waals surface area contributed by atoms with Crippen molar-refractivity contribution in [3.05, 3.63) is 16.8 Å². The van der Waals surface area contributed by atoms with E-state index in [1.165, 1.54) is 0 Å². The highest BCUT2D eigenvalue weighted by molar-refractivity contribution is 5.58. The van der Waals surface area contributed by atoms with E-state index in [0.717, 1.165) is 43.7 Å². The normalized spacial score (nSPS) is 20.3. The molecule has 1 aromatic rings. The third-order valence-corrected chi connectivity index (χ3v) is 4.50. The Labute approximate surface area is 138 Å². The number of aliphatic hydroxyl groups is 1. The molecule has 0 aromatic carbocycles. The van der Waals surface area contributed by atoms with Crippen LogP contribution in [0.4, 0.5) is 5.82 Å². The third-order valence-electron chi connectivity index (χ3n) is 4.50. The van der Waals surface area contributed by atoms with E-state index < -0.39 is 0 Å². The lowest BCUT2D eigenvalue weighted by atomic mass is 10.0. The van der Waals surface area contributed by atoms with Gasteiger partial charge in [-0.1, -0.05) is 13.8 Å². The van der Waals surface area contributed by atoms with Gasteiger partial charge in [0.2, 0.25) is 0 Å². The van der Waals surface area contributed by atoms with Crippen molar-refractivity contribution in [1.82, 2.24) is 15.1 Å². The Hall–Kier alpha value is -1.71. The van der Waals surface area contributed by atoms with Crippen molar-refractivity contribution in [2.24, 2.45) is 0 Å². The van der Waals surface area contributed by atoms with Crippen LogP contribution >= 0.6 is 0 Å². The van der Waals surface area contributed by atoms with Gasteiger partial charge >= 0.3 is 0 Å². The van der Waals surface area contributed by atoms with Gasteiger partial charge in [-0.15, -0.1) is 5.10 Å². The van der Waals surface area contributed by atoms with Crippen LogP contribution in [-0.4, -0.2) is 58.5 Å². The fourth-order valence-corrected chi connectivity index (χ4v) is 3.30. The maximum atomic E-state index is 9.63. The van der Waals surface area contributed by atoms with Gasteiger partial charge in [-0.2, -0.15) is 10.4 Å². The largest absolute Gasteiger partial charge is 0.392 e. The summed E-state index contributed by atoms with van der Waals surface area (Å²) in [5.74, 6) is 0.713. The van der Waals surface area contributed by atoms with Crippen molar-refractivity contribution in [2.45, 2.75) is 52.7 Å². The van der Waals surface area contributed by atoms with E-state index in [9.17, 15) is 10.4 Å². The summed E-state index contributed by atoms with van der Waals surface area (Å²) in [6, 6.07) is 2.66. The summed E-state index contributed by atoms with van der Waals surface area (Å²) < 4.78 is 0. The van der Waals surface area contributed by atoms with Crippen molar-refractivity contribution in [1.29, 1.82) is 5.26 Å². The SMILES string of the molecule is CCc1nnc(N2CCN(CC(C)O)C(C)C2)c(C#N)c1CC. The lowest BCUT2D eigenvalue weighted by Gasteiger charge is -2.41. The number of piperazine rings is 1. The highest BCUT2D eigenvalue weighted by Gasteiger charge is 2.28. The van der Waals surface area contributed by atoms with Gasteiger partial charge in [0.05, 0.1) is 11.8 Å². The number of rotatable bonds is 5. The fourth-order valence-electron chi connectivity index (χ4n) is 3.30. The molecular formula is C17H27N5O. The van der Waals surface area contributed by atoms with Crippen molar-refractivity contribution in [2.75, 3.05) is 31.1 Å². The molecule has 0 bridgehead atoms. The lowest BCUT2D eigenvalue weighted by Crippen LogP contribution is -2.54. The number of nitrogens with zero attached hydrogens (tertiary/aromatic N) is 5. The first kappa shape index (κ1) is 17.6. The third kappa shape index (κ3) is 3.80. The summed E-state index contributed by atoms with van der Waals surface area (Å²) in [4.78, 5) is 4.44. The zero-order valence-corrected chi connectivity index (χ0v) is 14.6. The Morgan fingerprint density at radius 1 is 1.30 bits per heavy atom. The van der Waals surface area contributed by atoms with E-state index in [-0.39, 0.29) is 6.10 Å². The predicted molar refractivity (Wildman–Crippen MR) is 90.4 cm³/mol. The molecule has 2 rings (SSSR count). The maximum Gasteiger partial charge on any atom is 0.169 e. The quantitative estimate of drug-likeness (QED) is 0.884.